The van der Waals surface area contributed by atoms with Crippen LogP contribution in [0, 0.1) is 5.92 Å². The van der Waals surface area contributed by atoms with Gasteiger partial charge in [-0.05, 0) is 18.8 Å². The topological polar surface area (TPSA) is 0 Å². The molecule has 14 heavy (non-hydrogen) atoms. The Kier molecular flexibility index (Phi) is 5.58. The first-order valence-corrected chi connectivity index (χ1v) is 4.87. The Hall–Kier alpha value is -0.730. The summed E-state index contributed by atoms with van der Waals surface area (Å²) in [6.45, 7) is 5.24. The van der Waals surface area contributed by atoms with Crippen LogP contribution in [0.1, 0.15) is 33.6 Å². The lowest BCUT2D eigenvalue weighted by atomic mass is 9.97. The van der Waals surface area contributed by atoms with E-state index in [1.807, 2.05) is 6.92 Å². The van der Waals surface area contributed by atoms with Crippen molar-refractivity contribution < 1.29 is 13.2 Å². The van der Waals surface area contributed by atoms with Gasteiger partial charge in [-0.3, -0.25) is 0 Å². The van der Waals surface area contributed by atoms with Crippen molar-refractivity contribution in [1.29, 1.82) is 0 Å². The number of allylic oxidation sites excluding steroid dienone is 4. The van der Waals surface area contributed by atoms with Crippen molar-refractivity contribution in [2.45, 2.75) is 39.8 Å². The largest absolute Gasteiger partial charge is 0.412 e. The molecule has 0 amide bonds. The normalized spacial score (nSPS) is 16.3. The Morgan fingerprint density at radius 2 is 1.86 bits per heavy atom. The van der Waals surface area contributed by atoms with Crippen molar-refractivity contribution in [3.63, 3.8) is 0 Å². The van der Waals surface area contributed by atoms with Gasteiger partial charge in [0.2, 0.25) is 0 Å². The molecule has 0 aromatic heterocycles. The fourth-order valence-corrected chi connectivity index (χ4v) is 1.07. The zero-order chi connectivity index (χ0) is 11.2. The van der Waals surface area contributed by atoms with Crippen LogP contribution in [0.2, 0.25) is 0 Å². The van der Waals surface area contributed by atoms with E-state index in [9.17, 15) is 13.2 Å². The molecular weight excluding hydrogens is 189 g/mol. The van der Waals surface area contributed by atoms with Crippen LogP contribution in [0.4, 0.5) is 13.2 Å². The summed E-state index contributed by atoms with van der Waals surface area (Å²) in [4.78, 5) is 0. The van der Waals surface area contributed by atoms with E-state index in [-0.39, 0.29) is 0 Å². The van der Waals surface area contributed by atoms with Crippen LogP contribution in [0.3, 0.4) is 0 Å². The standard InChI is InChI=1S/C11H17F3/c1-4-6-7-8-10(9(3)5-2)11(12,13)14/h6-9H,4-5H2,1-3H3/b7-6-,10-8-/t9-/m0/s1. The zero-order valence-corrected chi connectivity index (χ0v) is 8.86. The predicted octanol–water partition coefficient (Wildman–Crippen LogP) is 4.49. The van der Waals surface area contributed by atoms with Crippen molar-refractivity contribution in [3.05, 3.63) is 23.8 Å². The summed E-state index contributed by atoms with van der Waals surface area (Å²) in [5.41, 5.74) is -0.440. The summed E-state index contributed by atoms with van der Waals surface area (Å²) in [6.07, 6.45) is 1.43. The van der Waals surface area contributed by atoms with E-state index in [2.05, 4.69) is 0 Å². The van der Waals surface area contributed by atoms with Gasteiger partial charge in [0.15, 0.2) is 0 Å². The molecule has 0 aliphatic heterocycles. The first-order chi connectivity index (χ1) is 6.43. The third-order valence-electron chi connectivity index (χ3n) is 2.12. The number of halogens is 3. The van der Waals surface area contributed by atoms with Crippen molar-refractivity contribution in [2.24, 2.45) is 5.92 Å². The van der Waals surface area contributed by atoms with Crippen LogP contribution in [0.15, 0.2) is 23.8 Å². The molecule has 0 saturated carbocycles. The number of hydrogen-bond acceptors (Lipinski definition) is 0. The molecule has 0 aliphatic carbocycles. The molecule has 3 heteroatoms. The minimum atomic E-state index is -4.20. The Balaban J connectivity index is 4.73. The van der Waals surface area contributed by atoms with Crippen molar-refractivity contribution in [2.75, 3.05) is 0 Å². The summed E-state index contributed by atoms with van der Waals surface area (Å²) in [7, 11) is 0. The van der Waals surface area contributed by atoms with E-state index in [1.54, 1.807) is 19.9 Å². The second kappa shape index (κ2) is 5.89. The van der Waals surface area contributed by atoms with E-state index in [1.165, 1.54) is 12.2 Å². The van der Waals surface area contributed by atoms with E-state index in [0.29, 0.717) is 6.42 Å². The van der Waals surface area contributed by atoms with Crippen LogP contribution < -0.4 is 0 Å². The van der Waals surface area contributed by atoms with Crippen LogP contribution in [-0.2, 0) is 0 Å². The van der Waals surface area contributed by atoms with Crippen LogP contribution in [0.5, 0.6) is 0 Å². The van der Waals surface area contributed by atoms with Gasteiger partial charge in [0.1, 0.15) is 0 Å². The minimum absolute atomic E-state index is 0.434. The second-order valence-electron chi connectivity index (χ2n) is 3.27. The molecule has 0 unspecified atom stereocenters. The maximum atomic E-state index is 12.5. The molecule has 0 rings (SSSR count). The van der Waals surface area contributed by atoms with Gasteiger partial charge in [-0.1, -0.05) is 39.0 Å². The quantitative estimate of drug-likeness (QED) is 0.594. The fraction of sp³-hybridized carbons (Fsp3) is 0.636. The highest BCUT2D eigenvalue weighted by Gasteiger charge is 2.35. The number of rotatable bonds is 4. The first-order valence-electron chi connectivity index (χ1n) is 4.87. The third kappa shape index (κ3) is 4.49. The zero-order valence-electron chi connectivity index (χ0n) is 8.86. The van der Waals surface area contributed by atoms with Crippen LogP contribution in [-0.4, -0.2) is 6.18 Å². The maximum absolute atomic E-state index is 12.5. The smallest absolute Gasteiger partial charge is 0.166 e. The molecule has 0 nitrogen and oxygen atoms in total. The summed E-state index contributed by atoms with van der Waals surface area (Å²) in [6, 6.07) is 0. The molecule has 1 atom stereocenters. The van der Waals surface area contributed by atoms with Gasteiger partial charge in [-0.2, -0.15) is 13.2 Å². The summed E-state index contributed by atoms with van der Waals surface area (Å²) >= 11 is 0. The Bertz CT molecular complexity index is 211. The Morgan fingerprint density at radius 3 is 2.21 bits per heavy atom. The maximum Gasteiger partial charge on any atom is 0.412 e. The van der Waals surface area contributed by atoms with E-state index < -0.39 is 17.7 Å². The molecular formula is C11H17F3. The molecule has 0 spiro atoms. The van der Waals surface area contributed by atoms with Gasteiger partial charge in [0, 0.05) is 5.57 Å². The average Bonchev–Trinajstić information content (AvgIpc) is 2.09. The lowest BCUT2D eigenvalue weighted by Gasteiger charge is -2.16. The van der Waals surface area contributed by atoms with Crippen LogP contribution in [0.25, 0.3) is 0 Å². The van der Waals surface area contributed by atoms with Crippen molar-refractivity contribution in [3.8, 4) is 0 Å². The van der Waals surface area contributed by atoms with Gasteiger partial charge in [0.25, 0.3) is 0 Å². The first kappa shape index (κ1) is 13.3. The lowest BCUT2D eigenvalue weighted by molar-refractivity contribution is -0.0984. The molecule has 0 saturated heterocycles. The van der Waals surface area contributed by atoms with Crippen molar-refractivity contribution >= 4 is 0 Å². The molecule has 0 aliphatic rings. The van der Waals surface area contributed by atoms with Gasteiger partial charge in [-0.25, -0.2) is 0 Å². The second-order valence-corrected chi connectivity index (χ2v) is 3.27. The molecule has 0 aromatic carbocycles. The molecule has 0 N–H and O–H groups in total. The van der Waals surface area contributed by atoms with E-state index >= 15 is 0 Å². The Morgan fingerprint density at radius 1 is 1.29 bits per heavy atom. The highest BCUT2D eigenvalue weighted by molar-refractivity contribution is 5.19. The minimum Gasteiger partial charge on any atom is -0.166 e. The average molecular weight is 206 g/mol. The Labute approximate surface area is 83.5 Å². The van der Waals surface area contributed by atoms with Gasteiger partial charge in [0.05, 0.1) is 0 Å². The summed E-state index contributed by atoms with van der Waals surface area (Å²) < 4.78 is 37.4. The van der Waals surface area contributed by atoms with Crippen molar-refractivity contribution in [1.82, 2.24) is 0 Å². The third-order valence-corrected chi connectivity index (χ3v) is 2.12. The molecule has 82 valence electrons. The molecule has 0 aromatic rings. The molecule has 0 radical (unpaired) electrons. The predicted molar refractivity (Wildman–Crippen MR) is 53.0 cm³/mol. The van der Waals surface area contributed by atoms with Gasteiger partial charge < -0.3 is 0 Å². The van der Waals surface area contributed by atoms with Crippen LogP contribution >= 0.6 is 0 Å². The van der Waals surface area contributed by atoms with Gasteiger partial charge in [-0.15, -0.1) is 0 Å². The number of hydrogen-bond donors (Lipinski definition) is 0. The highest BCUT2D eigenvalue weighted by Crippen LogP contribution is 2.32. The van der Waals surface area contributed by atoms with E-state index in [0.717, 1.165) is 6.42 Å². The highest BCUT2D eigenvalue weighted by atomic mass is 19.4. The SMILES string of the molecule is CC/C=C\C=C(\[C@@H](C)CC)C(F)(F)F. The molecule has 0 bridgehead atoms. The van der Waals surface area contributed by atoms with E-state index in [4.69, 9.17) is 0 Å². The van der Waals surface area contributed by atoms with Gasteiger partial charge >= 0.3 is 6.18 Å². The lowest BCUT2D eigenvalue weighted by Crippen LogP contribution is -2.17. The number of alkyl halides is 3. The monoisotopic (exact) mass is 206 g/mol. The molecule has 0 fully saturated rings. The molecule has 0 heterocycles. The fourth-order valence-electron chi connectivity index (χ4n) is 1.07. The summed E-state index contributed by atoms with van der Waals surface area (Å²) in [5.74, 6) is -0.434. The summed E-state index contributed by atoms with van der Waals surface area (Å²) in [5, 5.41) is 0.